The molecule has 1 N–H and O–H groups in total. The summed E-state index contributed by atoms with van der Waals surface area (Å²) in [5.41, 5.74) is 1.30. The molecule has 0 fully saturated rings. The van der Waals surface area contributed by atoms with E-state index in [1.807, 2.05) is 12.1 Å². The van der Waals surface area contributed by atoms with Crippen LogP contribution >= 0.6 is 15.9 Å². The van der Waals surface area contributed by atoms with Gasteiger partial charge in [0.2, 0.25) is 0 Å². The second-order valence-electron chi connectivity index (χ2n) is 6.36. The summed E-state index contributed by atoms with van der Waals surface area (Å²) < 4.78 is 7.01. The van der Waals surface area contributed by atoms with Gasteiger partial charge in [-0.15, -0.1) is 0 Å². The van der Waals surface area contributed by atoms with Gasteiger partial charge in [0, 0.05) is 28.7 Å². The van der Waals surface area contributed by atoms with Gasteiger partial charge in [-0.1, -0.05) is 15.9 Å². The van der Waals surface area contributed by atoms with Crippen molar-refractivity contribution < 1.29 is 4.74 Å². The molecule has 3 nitrogen and oxygen atoms in total. The lowest BCUT2D eigenvalue weighted by Crippen LogP contribution is -2.35. The highest BCUT2D eigenvalue weighted by atomic mass is 79.9. The molecule has 1 aromatic carbocycles. The zero-order valence-corrected chi connectivity index (χ0v) is 14.9. The van der Waals surface area contributed by atoms with E-state index >= 15 is 0 Å². The minimum atomic E-state index is 0.102. The second kappa shape index (κ2) is 8.01. The molecule has 20 heavy (non-hydrogen) atoms. The summed E-state index contributed by atoms with van der Waals surface area (Å²) in [6, 6.07) is 6.20. The molecule has 0 spiro atoms. The first-order valence-electron chi connectivity index (χ1n) is 7.09. The highest BCUT2D eigenvalue weighted by molar-refractivity contribution is 9.10. The van der Waals surface area contributed by atoms with Crippen molar-refractivity contribution >= 4 is 15.9 Å². The molecule has 0 heterocycles. The number of hydrogen-bond donors (Lipinski definition) is 1. The molecule has 0 aliphatic carbocycles. The molecule has 0 aliphatic heterocycles. The molecule has 114 valence electrons. The Bertz CT molecular complexity index is 413. The van der Waals surface area contributed by atoms with Crippen molar-refractivity contribution in [2.45, 2.75) is 39.3 Å². The van der Waals surface area contributed by atoms with Gasteiger partial charge < -0.3 is 15.0 Å². The molecule has 0 unspecified atom stereocenters. The molecule has 1 rings (SSSR count). The standard InChI is InChI=1S/C16H27BrN2O/c1-16(2,3)18-12-13-11-14(17)7-8-15(13)20-10-6-9-19(4)5/h7-8,11,18H,6,9-10,12H2,1-5H3. The zero-order chi connectivity index (χ0) is 15.2. The topological polar surface area (TPSA) is 24.5 Å². The number of nitrogens with one attached hydrogen (secondary N) is 1. The van der Waals surface area contributed by atoms with Crippen LogP contribution < -0.4 is 10.1 Å². The molecule has 0 aromatic heterocycles. The van der Waals surface area contributed by atoms with Gasteiger partial charge in [0.1, 0.15) is 5.75 Å². The average molecular weight is 343 g/mol. The van der Waals surface area contributed by atoms with Gasteiger partial charge in [-0.3, -0.25) is 0 Å². The van der Waals surface area contributed by atoms with Gasteiger partial charge >= 0.3 is 0 Å². The predicted octanol–water partition coefficient (Wildman–Crippen LogP) is 3.67. The van der Waals surface area contributed by atoms with Crippen LogP contribution in [0.4, 0.5) is 0 Å². The normalized spacial score (nSPS) is 11.9. The maximum absolute atomic E-state index is 5.92. The van der Waals surface area contributed by atoms with E-state index in [4.69, 9.17) is 4.74 Å². The first-order chi connectivity index (χ1) is 9.28. The summed E-state index contributed by atoms with van der Waals surface area (Å²) >= 11 is 3.53. The number of benzene rings is 1. The van der Waals surface area contributed by atoms with Crippen molar-refractivity contribution in [3.63, 3.8) is 0 Å². The van der Waals surface area contributed by atoms with Crippen molar-refractivity contribution in [1.82, 2.24) is 10.2 Å². The Balaban J connectivity index is 2.60. The van der Waals surface area contributed by atoms with Crippen LogP contribution in [0.3, 0.4) is 0 Å². The number of nitrogens with zero attached hydrogens (tertiary/aromatic N) is 1. The number of rotatable bonds is 7. The van der Waals surface area contributed by atoms with Gasteiger partial charge in [-0.2, -0.15) is 0 Å². The summed E-state index contributed by atoms with van der Waals surface area (Å²) in [4.78, 5) is 2.17. The fourth-order valence-corrected chi connectivity index (χ4v) is 2.16. The number of hydrogen-bond acceptors (Lipinski definition) is 3. The Morgan fingerprint density at radius 1 is 1.25 bits per heavy atom. The Morgan fingerprint density at radius 3 is 2.55 bits per heavy atom. The van der Waals surface area contributed by atoms with Crippen LogP contribution in [0.1, 0.15) is 32.8 Å². The van der Waals surface area contributed by atoms with Gasteiger partial charge in [0.05, 0.1) is 6.61 Å². The van der Waals surface area contributed by atoms with E-state index in [2.05, 4.69) is 67.1 Å². The van der Waals surface area contributed by atoms with Gasteiger partial charge in [0.15, 0.2) is 0 Å². The summed E-state index contributed by atoms with van der Waals surface area (Å²) in [7, 11) is 4.16. The first-order valence-corrected chi connectivity index (χ1v) is 7.88. The molecule has 0 bridgehead atoms. The Hall–Kier alpha value is -0.580. The Labute approximate surface area is 131 Å². The van der Waals surface area contributed by atoms with Crippen molar-refractivity contribution in [3.05, 3.63) is 28.2 Å². The van der Waals surface area contributed by atoms with Crippen molar-refractivity contribution in [1.29, 1.82) is 0 Å². The van der Waals surface area contributed by atoms with Crippen LogP contribution in [-0.4, -0.2) is 37.7 Å². The molecule has 0 atom stereocenters. The van der Waals surface area contributed by atoms with E-state index in [-0.39, 0.29) is 5.54 Å². The summed E-state index contributed by atoms with van der Waals surface area (Å²) in [5.74, 6) is 0.976. The van der Waals surface area contributed by atoms with Crippen molar-refractivity contribution in [3.8, 4) is 5.75 Å². The van der Waals surface area contributed by atoms with Crippen LogP contribution in [0.25, 0.3) is 0 Å². The van der Waals surface area contributed by atoms with Gasteiger partial charge in [0.25, 0.3) is 0 Å². The largest absolute Gasteiger partial charge is 0.493 e. The van der Waals surface area contributed by atoms with Crippen molar-refractivity contribution in [2.75, 3.05) is 27.2 Å². The minimum Gasteiger partial charge on any atom is -0.493 e. The Kier molecular flexibility index (Phi) is 7.00. The fraction of sp³-hybridized carbons (Fsp3) is 0.625. The Morgan fingerprint density at radius 2 is 1.95 bits per heavy atom. The van der Waals surface area contributed by atoms with Crippen LogP contribution in [0.5, 0.6) is 5.75 Å². The maximum atomic E-state index is 5.92. The van der Waals surface area contributed by atoms with E-state index in [9.17, 15) is 0 Å². The third kappa shape index (κ3) is 7.27. The highest BCUT2D eigenvalue weighted by Crippen LogP contribution is 2.24. The first kappa shape index (κ1) is 17.5. The highest BCUT2D eigenvalue weighted by Gasteiger charge is 2.11. The van der Waals surface area contributed by atoms with Gasteiger partial charge in [-0.25, -0.2) is 0 Å². The lowest BCUT2D eigenvalue weighted by molar-refractivity contribution is 0.278. The van der Waals surface area contributed by atoms with Crippen LogP contribution in [0, 0.1) is 0 Å². The van der Waals surface area contributed by atoms with Crippen molar-refractivity contribution in [2.24, 2.45) is 0 Å². The molecule has 0 saturated heterocycles. The van der Waals surface area contributed by atoms with Crippen LogP contribution in [0.2, 0.25) is 0 Å². The lowest BCUT2D eigenvalue weighted by atomic mass is 10.1. The van der Waals surface area contributed by atoms with E-state index in [1.165, 1.54) is 5.56 Å². The zero-order valence-electron chi connectivity index (χ0n) is 13.3. The third-order valence-electron chi connectivity index (χ3n) is 2.84. The number of halogens is 1. The number of ether oxygens (including phenoxy) is 1. The summed E-state index contributed by atoms with van der Waals surface area (Å²) in [5, 5.41) is 3.51. The predicted molar refractivity (Wildman–Crippen MR) is 89.4 cm³/mol. The monoisotopic (exact) mass is 342 g/mol. The van der Waals surface area contributed by atoms with Crippen LogP contribution in [0.15, 0.2) is 22.7 Å². The molecule has 0 aliphatic rings. The molecule has 0 amide bonds. The van der Waals surface area contributed by atoms with Gasteiger partial charge in [-0.05, 0) is 59.5 Å². The summed E-state index contributed by atoms with van der Waals surface area (Å²) in [6.45, 7) is 9.12. The second-order valence-corrected chi connectivity index (χ2v) is 7.28. The van der Waals surface area contributed by atoms with E-state index < -0.39 is 0 Å². The molecule has 1 aromatic rings. The maximum Gasteiger partial charge on any atom is 0.123 e. The van der Waals surface area contributed by atoms with E-state index in [0.717, 1.165) is 36.3 Å². The van der Waals surface area contributed by atoms with E-state index in [1.54, 1.807) is 0 Å². The van der Waals surface area contributed by atoms with Crippen LogP contribution in [-0.2, 0) is 6.54 Å². The minimum absolute atomic E-state index is 0.102. The average Bonchev–Trinajstić information content (AvgIpc) is 2.32. The SMILES string of the molecule is CN(C)CCCOc1ccc(Br)cc1CNC(C)(C)C. The lowest BCUT2D eigenvalue weighted by Gasteiger charge is -2.22. The molecule has 4 heteroatoms. The molecular weight excluding hydrogens is 316 g/mol. The molecule has 0 saturated carbocycles. The fourth-order valence-electron chi connectivity index (χ4n) is 1.75. The molecular formula is C16H27BrN2O. The summed E-state index contributed by atoms with van der Waals surface area (Å²) in [6.07, 6.45) is 1.04. The molecule has 0 radical (unpaired) electrons. The van der Waals surface area contributed by atoms with E-state index in [0.29, 0.717) is 0 Å². The smallest absolute Gasteiger partial charge is 0.123 e. The quantitative estimate of drug-likeness (QED) is 0.765. The third-order valence-corrected chi connectivity index (χ3v) is 3.33.